The third-order valence-electron chi connectivity index (χ3n) is 2.88. The van der Waals surface area contributed by atoms with Crippen LogP contribution in [-0.2, 0) is 0 Å². The first kappa shape index (κ1) is 10.6. The molecule has 0 radical (unpaired) electrons. The van der Waals surface area contributed by atoms with Crippen molar-refractivity contribution < 1.29 is 9.21 Å². The molecule has 0 amide bonds. The van der Waals surface area contributed by atoms with Gasteiger partial charge in [0.2, 0.25) is 5.78 Å². The number of H-pyrrole nitrogens is 1. The number of hydrogen-bond acceptors (Lipinski definition) is 4. The summed E-state index contributed by atoms with van der Waals surface area (Å²) in [5, 5.41) is 7.16. The van der Waals surface area contributed by atoms with Gasteiger partial charge in [-0.05, 0) is 18.6 Å². The Bertz CT molecular complexity index is 740. The normalized spacial score (nSPS) is 10.9. The highest BCUT2D eigenvalue weighted by molar-refractivity contribution is 6.11. The van der Waals surface area contributed by atoms with Crippen molar-refractivity contribution in [1.82, 2.24) is 10.2 Å². The lowest BCUT2D eigenvalue weighted by Crippen LogP contribution is -2.01. The quantitative estimate of drug-likeness (QED) is 0.674. The second-order valence-electron chi connectivity index (χ2n) is 4.13. The maximum atomic E-state index is 12.2. The van der Waals surface area contributed by atoms with Gasteiger partial charge in [0.25, 0.3) is 0 Å². The smallest absolute Gasteiger partial charge is 0.233 e. The molecule has 0 fully saturated rings. The fourth-order valence-corrected chi connectivity index (χ4v) is 1.93. The highest BCUT2D eigenvalue weighted by Crippen LogP contribution is 2.25. The number of nitrogen functional groups attached to an aromatic ring is 1. The van der Waals surface area contributed by atoms with Crippen LogP contribution in [-0.4, -0.2) is 16.0 Å². The number of rotatable bonds is 2. The van der Waals surface area contributed by atoms with Gasteiger partial charge < -0.3 is 10.2 Å². The minimum Gasteiger partial charge on any atom is -0.452 e. The number of carbonyl (C=O) groups is 1. The van der Waals surface area contributed by atoms with Crippen LogP contribution in [0.4, 0.5) is 5.82 Å². The zero-order valence-electron chi connectivity index (χ0n) is 9.73. The molecule has 0 aliphatic heterocycles. The highest BCUT2D eigenvalue weighted by Gasteiger charge is 2.18. The Morgan fingerprint density at radius 3 is 2.94 bits per heavy atom. The second kappa shape index (κ2) is 3.73. The molecule has 0 atom stereocenters. The third-order valence-corrected chi connectivity index (χ3v) is 2.88. The zero-order valence-corrected chi connectivity index (χ0v) is 9.73. The molecular weight excluding hydrogens is 230 g/mol. The van der Waals surface area contributed by atoms with E-state index in [4.69, 9.17) is 10.2 Å². The van der Waals surface area contributed by atoms with E-state index in [1.54, 1.807) is 6.07 Å². The molecule has 18 heavy (non-hydrogen) atoms. The number of hydrogen-bond donors (Lipinski definition) is 2. The SMILES string of the molecule is Cc1cccc2cc(C(=O)c3cn[nH]c3N)oc12. The van der Waals surface area contributed by atoms with Crippen molar-refractivity contribution in [2.24, 2.45) is 0 Å². The molecule has 3 N–H and O–H groups in total. The summed E-state index contributed by atoms with van der Waals surface area (Å²) in [5.74, 6) is 0.251. The summed E-state index contributed by atoms with van der Waals surface area (Å²) in [6, 6.07) is 7.48. The van der Waals surface area contributed by atoms with Gasteiger partial charge in [0.1, 0.15) is 11.4 Å². The van der Waals surface area contributed by atoms with Crippen LogP contribution in [0.25, 0.3) is 11.0 Å². The van der Waals surface area contributed by atoms with Gasteiger partial charge in [-0.3, -0.25) is 9.89 Å². The van der Waals surface area contributed by atoms with Crippen molar-refractivity contribution in [3.05, 3.63) is 47.3 Å². The monoisotopic (exact) mass is 241 g/mol. The van der Waals surface area contributed by atoms with E-state index in [0.29, 0.717) is 5.56 Å². The number of furan rings is 1. The molecule has 3 rings (SSSR count). The second-order valence-corrected chi connectivity index (χ2v) is 4.13. The Morgan fingerprint density at radius 1 is 1.44 bits per heavy atom. The molecule has 3 aromatic rings. The number of benzene rings is 1. The van der Waals surface area contributed by atoms with E-state index in [1.165, 1.54) is 6.20 Å². The Kier molecular flexibility index (Phi) is 2.19. The fraction of sp³-hybridized carbons (Fsp3) is 0.0769. The average Bonchev–Trinajstić information content (AvgIpc) is 2.95. The number of aryl methyl sites for hydroxylation is 1. The van der Waals surface area contributed by atoms with Crippen molar-refractivity contribution in [1.29, 1.82) is 0 Å². The number of nitrogens with one attached hydrogen (secondary N) is 1. The summed E-state index contributed by atoms with van der Waals surface area (Å²) in [6.07, 6.45) is 1.40. The van der Waals surface area contributed by atoms with E-state index in [9.17, 15) is 4.79 Å². The van der Waals surface area contributed by atoms with Crippen molar-refractivity contribution in [3.8, 4) is 0 Å². The number of nitrogens with two attached hydrogens (primary N) is 1. The van der Waals surface area contributed by atoms with Gasteiger partial charge >= 0.3 is 0 Å². The van der Waals surface area contributed by atoms with Crippen LogP contribution in [0.2, 0.25) is 0 Å². The van der Waals surface area contributed by atoms with Crippen LogP contribution in [0, 0.1) is 6.92 Å². The topological polar surface area (TPSA) is 84.9 Å². The molecule has 90 valence electrons. The Hall–Kier alpha value is -2.56. The van der Waals surface area contributed by atoms with Crippen LogP contribution in [0.15, 0.2) is 34.9 Å². The fourth-order valence-electron chi connectivity index (χ4n) is 1.93. The maximum Gasteiger partial charge on any atom is 0.233 e. The van der Waals surface area contributed by atoms with Gasteiger partial charge in [0, 0.05) is 5.39 Å². The summed E-state index contributed by atoms with van der Waals surface area (Å²) in [4.78, 5) is 12.2. The minimum atomic E-state index is -0.267. The predicted octanol–water partition coefficient (Wildman–Crippen LogP) is 2.28. The summed E-state index contributed by atoms with van der Waals surface area (Å²) in [6.45, 7) is 1.94. The van der Waals surface area contributed by atoms with Crippen LogP contribution >= 0.6 is 0 Å². The van der Waals surface area contributed by atoms with Crippen molar-refractivity contribution in [3.63, 3.8) is 0 Å². The maximum absolute atomic E-state index is 12.2. The van der Waals surface area contributed by atoms with Gasteiger partial charge in [0.15, 0.2) is 5.76 Å². The van der Waals surface area contributed by atoms with E-state index in [1.807, 2.05) is 25.1 Å². The molecule has 0 aliphatic carbocycles. The number of aromatic amines is 1. The number of ketones is 1. The third kappa shape index (κ3) is 1.48. The molecule has 0 unspecified atom stereocenters. The van der Waals surface area contributed by atoms with Gasteiger partial charge in [-0.25, -0.2) is 0 Å². The number of nitrogens with zero attached hydrogens (tertiary/aromatic N) is 1. The predicted molar refractivity (Wildman–Crippen MR) is 67.4 cm³/mol. The van der Waals surface area contributed by atoms with E-state index in [0.717, 1.165) is 16.5 Å². The summed E-state index contributed by atoms with van der Waals surface area (Å²) >= 11 is 0. The van der Waals surface area contributed by atoms with Gasteiger partial charge in [-0.2, -0.15) is 5.10 Å². The van der Waals surface area contributed by atoms with Crippen molar-refractivity contribution in [2.45, 2.75) is 6.92 Å². The summed E-state index contributed by atoms with van der Waals surface area (Å²) in [5.41, 5.74) is 7.67. The molecule has 5 heteroatoms. The van der Waals surface area contributed by atoms with Crippen molar-refractivity contribution in [2.75, 3.05) is 5.73 Å². The largest absolute Gasteiger partial charge is 0.452 e. The molecule has 0 spiro atoms. The lowest BCUT2D eigenvalue weighted by molar-refractivity contribution is 0.101. The van der Waals surface area contributed by atoms with E-state index >= 15 is 0 Å². The molecule has 0 saturated heterocycles. The van der Waals surface area contributed by atoms with Gasteiger partial charge in [-0.1, -0.05) is 18.2 Å². The Morgan fingerprint density at radius 2 is 2.28 bits per heavy atom. The van der Waals surface area contributed by atoms with Crippen molar-refractivity contribution >= 4 is 22.6 Å². The lowest BCUT2D eigenvalue weighted by atomic mass is 10.1. The first-order chi connectivity index (χ1) is 8.66. The van der Waals surface area contributed by atoms with Crippen LogP contribution in [0.3, 0.4) is 0 Å². The molecular formula is C13H11N3O2. The lowest BCUT2D eigenvalue weighted by Gasteiger charge is -1.94. The Labute approximate surface area is 103 Å². The highest BCUT2D eigenvalue weighted by atomic mass is 16.3. The molecule has 2 aromatic heterocycles. The minimum absolute atomic E-state index is 0.247. The number of carbonyl (C=O) groups excluding carboxylic acids is 1. The van der Waals surface area contributed by atoms with Crippen LogP contribution in [0.5, 0.6) is 0 Å². The average molecular weight is 241 g/mol. The Balaban J connectivity index is 2.13. The zero-order chi connectivity index (χ0) is 12.7. The van der Waals surface area contributed by atoms with E-state index in [2.05, 4.69) is 10.2 Å². The molecule has 0 saturated carbocycles. The standard InChI is InChI=1S/C13H11N3O2/c1-7-3-2-4-8-5-10(18-12(7)8)11(17)9-6-15-16-13(9)14/h2-6H,1H3,(H3,14,15,16). The number of anilines is 1. The van der Waals surface area contributed by atoms with Crippen LogP contribution < -0.4 is 5.73 Å². The number of fused-ring (bicyclic) bond motifs is 1. The molecule has 1 aromatic carbocycles. The first-order valence-electron chi connectivity index (χ1n) is 5.49. The summed E-state index contributed by atoms with van der Waals surface area (Å²) in [7, 11) is 0. The van der Waals surface area contributed by atoms with E-state index in [-0.39, 0.29) is 17.4 Å². The molecule has 0 aliphatic rings. The molecule has 2 heterocycles. The number of para-hydroxylation sites is 1. The van der Waals surface area contributed by atoms with Gasteiger partial charge in [0.05, 0.1) is 11.8 Å². The number of aromatic nitrogens is 2. The molecule has 5 nitrogen and oxygen atoms in total. The first-order valence-corrected chi connectivity index (χ1v) is 5.49. The summed E-state index contributed by atoms with van der Waals surface area (Å²) < 4.78 is 5.59. The van der Waals surface area contributed by atoms with Crippen LogP contribution in [0.1, 0.15) is 21.7 Å². The van der Waals surface area contributed by atoms with Gasteiger partial charge in [-0.15, -0.1) is 0 Å². The molecule has 0 bridgehead atoms. The van der Waals surface area contributed by atoms with E-state index < -0.39 is 0 Å².